The highest BCUT2D eigenvalue weighted by Gasteiger charge is 2.35. The van der Waals surface area contributed by atoms with E-state index in [0.717, 1.165) is 10.1 Å². The minimum atomic E-state index is -4.73. The van der Waals surface area contributed by atoms with E-state index in [0.29, 0.717) is 38.4 Å². The van der Waals surface area contributed by atoms with Crippen LogP contribution in [0.3, 0.4) is 0 Å². The Morgan fingerprint density at radius 1 is 1.28 bits per heavy atom. The van der Waals surface area contributed by atoms with E-state index in [2.05, 4.69) is 15.3 Å². The number of pyridine rings is 1. The summed E-state index contributed by atoms with van der Waals surface area (Å²) in [6, 6.07) is 2.21. The summed E-state index contributed by atoms with van der Waals surface area (Å²) in [7, 11) is 0. The minimum Gasteiger partial charge on any atom is -0.381 e. The Morgan fingerprint density at radius 3 is 2.62 bits per heavy atom. The lowest BCUT2D eigenvalue weighted by atomic mass is 9.92. The van der Waals surface area contributed by atoms with E-state index >= 15 is 0 Å². The molecule has 3 rings (SSSR count). The Morgan fingerprint density at radius 2 is 2.00 bits per heavy atom. The molecule has 0 aliphatic carbocycles. The molecule has 1 aliphatic rings. The largest absolute Gasteiger partial charge is 0.434 e. The summed E-state index contributed by atoms with van der Waals surface area (Å²) in [6.45, 7) is 2.86. The second-order valence-electron chi connectivity index (χ2n) is 7.03. The Kier molecular flexibility index (Phi) is 6.31. The molecule has 1 saturated heterocycles. The van der Waals surface area contributed by atoms with E-state index in [-0.39, 0.29) is 18.2 Å². The molecule has 0 saturated carbocycles. The average Bonchev–Trinajstić information content (AvgIpc) is 2.68. The predicted octanol–water partition coefficient (Wildman–Crippen LogP) is 2.96. The summed E-state index contributed by atoms with van der Waals surface area (Å²) in [5.41, 5.74) is -1.11. The van der Waals surface area contributed by atoms with Gasteiger partial charge in [0.2, 0.25) is 5.91 Å². The number of aromatic nitrogens is 3. The van der Waals surface area contributed by atoms with Gasteiger partial charge in [-0.2, -0.15) is 13.2 Å². The van der Waals surface area contributed by atoms with Gasteiger partial charge in [0, 0.05) is 25.6 Å². The van der Waals surface area contributed by atoms with E-state index in [4.69, 9.17) is 4.74 Å². The number of amides is 1. The molecule has 29 heavy (non-hydrogen) atoms. The van der Waals surface area contributed by atoms with E-state index in [1.165, 1.54) is 0 Å². The summed E-state index contributed by atoms with van der Waals surface area (Å²) < 4.78 is 45.4. The Balaban J connectivity index is 1.93. The maximum absolute atomic E-state index is 13.1. The average molecular weight is 410 g/mol. The van der Waals surface area contributed by atoms with Gasteiger partial charge >= 0.3 is 6.18 Å². The Hall–Kier alpha value is -2.75. The number of halogens is 3. The molecule has 156 valence electrons. The molecule has 0 radical (unpaired) electrons. The van der Waals surface area contributed by atoms with Gasteiger partial charge in [-0.1, -0.05) is 6.07 Å². The standard InChI is InChI=1S/C19H21F3N4O3/c1-12-2-3-16(24-9-12)25-18(28)14(8-13-4-6-29-7-5-13)26-11-15(19(20,21)22)23-10-17(26)27/h2-3,9-11,13-14H,4-8H2,1H3,(H,24,25,28). The monoisotopic (exact) mass is 410 g/mol. The normalized spacial score (nSPS) is 16.4. The summed E-state index contributed by atoms with van der Waals surface area (Å²) in [6.07, 6.45) is -0.428. The molecule has 1 unspecified atom stereocenters. The second kappa shape index (κ2) is 8.73. The fourth-order valence-corrected chi connectivity index (χ4v) is 3.21. The number of carbonyl (C=O) groups is 1. The van der Waals surface area contributed by atoms with Gasteiger partial charge in [-0.3, -0.25) is 14.2 Å². The van der Waals surface area contributed by atoms with Gasteiger partial charge in [0.05, 0.1) is 6.20 Å². The summed E-state index contributed by atoms with van der Waals surface area (Å²) >= 11 is 0. The first-order valence-corrected chi connectivity index (χ1v) is 9.20. The molecule has 1 atom stereocenters. The van der Waals surface area contributed by atoms with Gasteiger partial charge in [-0.05, 0) is 43.7 Å². The lowest BCUT2D eigenvalue weighted by Crippen LogP contribution is -2.36. The Labute approximate surface area is 164 Å². The van der Waals surface area contributed by atoms with Crippen molar-refractivity contribution >= 4 is 11.7 Å². The van der Waals surface area contributed by atoms with Crippen LogP contribution in [0.2, 0.25) is 0 Å². The predicted molar refractivity (Wildman–Crippen MR) is 98.3 cm³/mol. The van der Waals surface area contributed by atoms with Gasteiger partial charge < -0.3 is 10.1 Å². The molecular weight excluding hydrogens is 389 g/mol. The zero-order valence-corrected chi connectivity index (χ0v) is 15.8. The van der Waals surface area contributed by atoms with Crippen LogP contribution in [-0.2, 0) is 15.7 Å². The highest BCUT2D eigenvalue weighted by molar-refractivity contribution is 5.92. The third-order valence-electron chi connectivity index (χ3n) is 4.82. The van der Waals surface area contributed by atoms with E-state index in [1.807, 2.05) is 6.92 Å². The molecule has 0 aromatic carbocycles. The van der Waals surface area contributed by atoms with Crippen LogP contribution in [0.15, 0.2) is 35.5 Å². The number of anilines is 1. The lowest BCUT2D eigenvalue weighted by molar-refractivity contribution is -0.142. The minimum absolute atomic E-state index is 0.0416. The third kappa shape index (κ3) is 5.41. The molecule has 2 aromatic rings. The molecule has 1 fully saturated rings. The van der Waals surface area contributed by atoms with Gasteiger partial charge in [-0.25, -0.2) is 9.97 Å². The fourth-order valence-electron chi connectivity index (χ4n) is 3.21. The van der Waals surface area contributed by atoms with Crippen LogP contribution in [0.1, 0.15) is 36.6 Å². The maximum Gasteiger partial charge on any atom is 0.434 e. The first-order valence-electron chi connectivity index (χ1n) is 9.20. The van der Waals surface area contributed by atoms with Gasteiger partial charge in [-0.15, -0.1) is 0 Å². The van der Waals surface area contributed by atoms with Crippen molar-refractivity contribution in [2.24, 2.45) is 5.92 Å². The number of aryl methyl sites for hydroxylation is 1. The van der Waals surface area contributed by atoms with Crippen molar-refractivity contribution in [3.8, 4) is 0 Å². The fraction of sp³-hybridized carbons (Fsp3) is 0.474. The van der Waals surface area contributed by atoms with Crippen molar-refractivity contribution < 1.29 is 22.7 Å². The first-order chi connectivity index (χ1) is 13.7. The number of hydrogen-bond acceptors (Lipinski definition) is 5. The van der Waals surface area contributed by atoms with Gasteiger partial charge in [0.1, 0.15) is 11.9 Å². The lowest BCUT2D eigenvalue weighted by Gasteiger charge is -2.27. The summed E-state index contributed by atoms with van der Waals surface area (Å²) in [4.78, 5) is 32.5. The van der Waals surface area contributed by atoms with Gasteiger partial charge in [0.15, 0.2) is 5.69 Å². The molecule has 3 heterocycles. The maximum atomic E-state index is 13.1. The number of rotatable bonds is 5. The topological polar surface area (TPSA) is 86.1 Å². The molecular formula is C19H21F3N4O3. The van der Waals surface area contributed by atoms with Crippen LogP contribution in [0, 0.1) is 12.8 Å². The summed E-state index contributed by atoms with van der Waals surface area (Å²) in [5.74, 6) is -0.301. The molecule has 0 spiro atoms. The van der Waals surface area contributed by atoms with Crippen LogP contribution in [0.5, 0.6) is 0 Å². The zero-order chi connectivity index (χ0) is 21.0. The van der Waals surface area contributed by atoms with Crippen molar-refractivity contribution in [3.05, 3.63) is 52.3 Å². The highest BCUT2D eigenvalue weighted by Crippen LogP contribution is 2.29. The molecule has 1 aliphatic heterocycles. The van der Waals surface area contributed by atoms with Crippen molar-refractivity contribution in [2.75, 3.05) is 18.5 Å². The number of carbonyl (C=O) groups excluding carboxylic acids is 1. The number of ether oxygens (including phenoxy) is 1. The SMILES string of the molecule is Cc1ccc(NC(=O)C(CC2CCOCC2)n2cc(C(F)(F)F)ncc2=O)nc1. The van der Waals surface area contributed by atoms with Crippen molar-refractivity contribution in [2.45, 2.75) is 38.4 Å². The van der Waals surface area contributed by atoms with Crippen LogP contribution in [-0.4, -0.2) is 33.7 Å². The molecule has 0 bridgehead atoms. The number of nitrogens with one attached hydrogen (secondary N) is 1. The van der Waals surface area contributed by atoms with Crippen LogP contribution < -0.4 is 10.9 Å². The van der Waals surface area contributed by atoms with Gasteiger partial charge in [0.25, 0.3) is 5.56 Å². The smallest absolute Gasteiger partial charge is 0.381 e. The number of nitrogens with zero attached hydrogens (tertiary/aromatic N) is 3. The van der Waals surface area contributed by atoms with Crippen molar-refractivity contribution in [3.63, 3.8) is 0 Å². The summed E-state index contributed by atoms with van der Waals surface area (Å²) in [5, 5.41) is 2.60. The molecule has 2 aromatic heterocycles. The Bertz CT molecular complexity index is 906. The molecule has 10 heteroatoms. The van der Waals surface area contributed by atoms with Crippen molar-refractivity contribution in [1.29, 1.82) is 0 Å². The van der Waals surface area contributed by atoms with E-state index < -0.39 is 29.4 Å². The third-order valence-corrected chi connectivity index (χ3v) is 4.82. The van der Waals surface area contributed by atoms with Crippen LogP contribution in [0.4, 0.5) is 19.0 Å². The highest BCUT2D eigenvalue weighted by atomic mass is 19.4. The second-order valence-corrected chi connectivity index (χ2v) is 7.03. The van der Waals surface area contributed by atoms with Crippen molar-refractivity contribution in [1.82, 2.24) is 14.5 Å². The van der Waals surface area contributed by atoms with Crippen LogP contribution >= 0.6 is 0 Å². The molecule has 1 N–H and O–H groups in total. The first kappa shape index (κ1) is 21.0. The number of hydrogen-bond donors (Lipinski definition) is 1. The van der Waals surface area contributed by atoms with Crippen LogP contribution in [0.25, 0.3) is 0 Å². The quantitative estimate of drug-likeness (QED) is 0.819. The molecule has 1 amide bonds. The number of alkyl halides is 3. The van der Waals surface area contributed by atoms with E-state index in [1.54, 1.807) is 18.3 Å². The zero-order valence-electron chi connectivity index (χ0n) is 15.8. The molecule has 7 nitrogen and oxygen atoms in total. The van der Waals surface area contributed by atoms with E-state index in [9.17, 15) is 22.8 Å².